The molecule has 0 saturated carbocycles. The molecule has 0 amide bonds. The Kier molecular flexibility index (Phi) is 4.82. The van der Waals surface area contributed by atoms with Gasteiger partial charge in [-0.3, -0.25) is 0 Å². The van der Waals surface area contributed by atoms with Crippen LogP contribution in [0.15, 0.2) is 42.5 Å². The van der Waals surface area contributed by atoms with Gasteiger partial charge in [0.1, 0.15) is 12.4 Å². The van der Waals surface area contributed by atoms with Gasteiger partial charge in [0.15, 0.2) is 11.5 Å². The van der Waals surface area contributed by atoms with Crippen molar-refractivity contribution in [2.24, 2.45) is 0 Å². The molecule has 0 aliphatic carbocycles. The Bertz CT molecular complexity index is 572. The number of anilines is 1. The van der Waals surface area contributed by atoms with Crippen molar-refractivity contribution in [2.45, 2.75) is 20.0 Å². The number of rotatable bonds is 6. The average molecular weight is 275 g/mol. The van der Waals surface area contributed by atoms with Gasteiger partial charge in [-0.25, -0.2) is 4.39 Å². The third-order valence-corrected chi connectivity index (χ3v) is 2.77. The molecule has 20 heavy (non-hydrogen) atoms. The van der Waals surface area contributed by atoms with Crippen molar-refractivity contribution in [1.29, 1.82) is 0 Å². The molecule has 0 atom stereocenters. The van der Waals surface area contributed by atoms with Crippen molar-refractivity contribution in [2.75, 3.05) is 12.3 Å². The predicted octanol–water partition coefficient (Wildman–Crippen LogP) is 3.78. The fourth-order valence-corrected chi connectivity index (χ4v) is 1.74. The minimum absolute atomic E-state index is 0.138. The summed E-state index contributed by atoms with van der Waals surface area (Å²) in [6.45, 7) is 2.79. The average Bonchev–Trinajstić information content (AvgIpc) is 2.45. The third kappa shape index (κ3) is 3.63. The standard InChI is InChI=1S/C16H18FNO2/c1-2-9-19-15-5-3-4-6-16(15)20-11-12-7-8-13(18)10-14(12)17/h3-8,10H,2,9,11,18H2,1H3. The SMILES string of the molecule is CCCOc1ccccc1OCc1ccc(N)cc1F. The molecule has 0 fully saturated rings. The molecule has 0 unspecified atom stereocenters. The molecule has 0 aromatic heterocycles. The second-order valence-electron chi connectivity index (χ2n) is 4.43. The molecule has 0 bridgehead atoms. The first kappa shape index (κ1) is 14.2. The van der Waals surface area contributed by atoms with Gasteiger partial charge in [0.05, 0.1) is 6.61 Å². The largest absolute Gasteiger partial charge is 0.490 e. The van der Waals surface area contributed by atoms with E-state index in [0.29, 0.717) is 29.4 Å². The summed E-state index contributed by atoms with van der Waals surface area (Å²) in [7, 11) is 0. The topological polar surface area (TPSA) is 44.5 Å². The highest BCUT2D eigenvalue weighted by Crippen LogP contribution is 2.27. The van der Waals surface area contributed by atoms with Gasteiger partial charge in [0, 0.05) is 11.3 Å². The van der Waals surface area contributed by atoms with E-state index < -0.39 is 0 Å². The number of halogens is 1. The molecule has 0 radical (unpaired) electrons. The highest BCUT2D eigenvalue weighted by molar-refractivity contribution is 5.41. The lowest BCUT2D eigenvalue weighted by Crippen LogP contribution is -2.02. The van der Waals surface area contributed by atoms with Crippen molar-refractivity contribution in [1.82, 2.24) is 0 Å². The zero-order valence-corrected chi connectivity index (χ0v) is 11.4. The van der Waals surface area contributed by atoms with E-state index in [0.717, 1.165) is 6.42 Å². The molecule has 2 N–H and O–H groups in total. The summed E-state index contributed by atoms with van der Waals surface area (Å²) in [5.41, 5.74) is 6.38. The van der Waals surface area contributed by atoms with E-state index in [-0.39, 0.29) is 12.4 Å². The molecule has 2 aromatic rings. The quantitative estimate of drug-likeness (QED) is 0.816. The van der Waals surface area contributed by atoms with Crippen LogP contribution in [0, 0.1) is 5.82 Å². The molecule has 0 heterocycles. The summed E-state index contributed by atoms with van der Waals surface area (Å²) in [6, 6.07) is 11.9. The molecule has 0 aliphatic heterocycles. The van der Waals surface area contributed by atoms with E-state index in [4.69, 9.17) is 15.2 Å². The lowest BCUT2D eigenvalue weighted by molar-refractivity contribution is 0.259. The van der Waals surface area contributed by atoms with Crippen LogP contribution < -0.4 is 15.2 Å². The number of nitrogens with two attached hydrogens (primary N) is 1. The second kappa shape index (κ2) is 6.80. The Hall–Kier alpha value is -2.23. The fourth-order valence-electron chi connectivity index (χ4n) is 1.74. The Morgan fingerprint density at radius 3 is 2.40 bits per heavy atom. The summed E-state index contributed by atoms with van der Waals surface area (Å²) in [6.07, 6.45) is 0.918. The van der Waals surface area contributed by atoms with Crippen LogP contribution in [0.3, 0.4) is 0 Å². The van der Waals surface area contributed by atoms with Gasteiger partial charge in [-0.2, -0.15) is 0 Å². The van der Waals surface area contributed by atoms with Crippen molar-refractivity contribution in [3.05, 3.63) is 53.8 Å². The molecular weight excluding hydrogens is 257 g/mol. The Morgan fingerprint density at radius 1 is 1.05 bits per heavy atom. The van der Waals surface area contributed by atoms with Crippen LogP contribution in [-0.4, -0.2) is 6.61 Å². The van der Waals surface area contributed by atoms with Crippen LogP contribution in [0.5, 0.6) is 11.5 Å². The summed E-state index contributed by atoms with van der Waals surface area (Å²) in [5.74, 6) is 0.916. The van der Waals surface area contributed by atoms with Gasteiger partial charge in [0.2, 0.25) is 0 Å². The molecule has 0 aliphatic rings. The number of hydrogen-bond donors (Lipinski definition) is 1. The first-order chi connectivity index (χ1) is 9.70. The molecule has 3 nitrogen and oxygen atoms in total. The van der Waals surface area contributed by atoms with E-state index in [1.54, 1.807) is 18.2 Å². The summed E-state index contributed by atoms with van der Waals surface area (Å²) in [4.78, 5) is 0. The van der Waals surface area contributed by atoms with Crippen LogP contribution in [0.25, 0.3) is 0 Å². The van der Waals surface area contributed by atoms with Crippen molar-refractivity contribution in [3.63, 3.8) is 0 Å². The molecule has 2 aromatic carbocycles. The first-order valence-electron chi connectivity index (χ1n) is 6.59. The molecular formula is C16H18FNO2. The van der Waals surface area contributed by atoms with Gasteiger partial charge >= 0.3 is 0 Å². The van der Waals surface area contributed by atoms with Gasteiger partial charge < -0.3 is 15.2 Å². The minimum Gasteiger partial charge on any atom is -0.490 e. The number of benzene rings is 2. The maximum absolute atomic E-state index is 13.7. The normalized spacial score (nSPS) is 10.3. The van der Waals surface area contributed by atoms with Crippen molar-refractivity contribution < 1.29 is 13.9 Å². The number of para-hydroxylation sites is 2. The zero-order chi connectivity index (χ0) is 14.4. The van der Waals surface area contributed by atoms with E-state index >= 15 is 0 Å². The molecule has 0 spiro atoms. The zero-order valence-electron chi connectivity index (χ0n) is 11.4. The van der Waals surface area contributed by atoms with Gasteiger partial charge in [-0.05, 0) is 30.7 Å². The third-order valence-electron chi connectivity index (χ3n) is 2.77. The van der Waals surface area contributed by atoms with Crippen LogP contribution in [0.4, 0.5) is 10.1 Å². The molecule has 0 saturated heterocycles. The Morgan fingerprint density at radius 2 is 1.75 bits per heavy atom. The number of nitrogen functional groups attached to an aromatic ring is 1. The fraction of sp³-hybridized carbons (Fsp3) is 0.250. The van der Waals surface area contributed by atoms with E-state index in [2.05, 4.69) is 0 Å². The predicted molar refractivity (Wildman–Crippen MR) is 77.4 cm³/mol. The first-order valence-corrected chi connectivity index (χ1v) is 6.59. The Labute approximate surface area is 118 Å². The maximum atomic E-state index is 13.7. The Balaban J connectivity index is 2.06. The summed E-state index contributed by atoms with van der Waals surface area (Å²) in [5, 5.41) is 0. The van der Waals surface area contributed by atoms with Crippen LogP contribution in [0.2, 0.25) is 0 Å². The van der Waals surface area contributed by atoms with Gasteiger partial charge in [-0.15, -0.1) is 0 Å². The van der Waals surface area contributed by atoms with Crippen molar-refractivity contribution in [3.8, 4) is 11.5 Å². The smallest absolute Gasteiger partial charge is 0.161 e. The lowest BCUT2D eigenvalue weighted by atomic mass is 10.2. The minimum atomic E-state index is -0.364. The van der Waals surface area contributed by atoms with Crippen LogP contribution in [-0.2, 0) is 6.61 Å². The highest BCUT2D eigenvalue weighted by atomic mass is 19.1. The van der Waals surface area contributed by atoms with Crippen LogP contribution >= 0.6 is 0 Å². The lowest BCUT2D eigenvalue weighted by Gasteiger charge is -2.12. The highest BCUT2D eigenvalue weighted by Gasteiger charge is 2.07. The monoisotopic (exact) mass is 275 g/mol. The van der Waals surface area contributed by atoms with Crippen LogP contribution in [0.1, 0.15) is 18.9 Å². The van der Waals surface area contributed by atoms with E-state index in [9.17, 15) is 4.39 Å². The second-order valence-corrected chi connectivity index (χ2v) is 4.43. The molecule has 106 valence electrons. The van der Waals surface area contributed by atoms with Gasteiger partial charge in [-0.1, -0.05) is 25.1 Å². The van der Waals surface area contributed by atoms with Crippen molar-refractivity contribution >= 4 is 5.69 Å². The summed E-state index contributed by atoms with van der Waals surface area (Å²) >= 11 is 0. The number of hydrogen-bond acceptors (Lipinski definition) is 3. The summed E-state index contributed by atoms with van der Waals surface area (Å²) < 4.78 is 24.9. The molecule has 4 heteroatoms. The van der Waals surface area contributed by atoms with E-state index in [1.807, 2.05) is 25.1 Å². The van der Waals surface area contributed by atoms with Gasteiger partial charge in [0.25, 0.3) is 0 Å². The van der Waals surface area contributed by atoms with E-state index in [1.165, 1.54) is 6.07 Å². The molecule has 2 rings (SSSR count). The number of ether oxygens (including phenoxy) is 2. The maximum Gasteiger partial charge on any atom is 0.161 e.